The Morgan fingerprint density at radius 2 is 1.57 bits per heavy atom. The van der Waals surface area contributed by atoms with Gasteiger partial charge in [0.1, 0.15) is 24.0 Å². The fourth-order valence-electron chi connectivity index (χ4n) is 10.3. The van der Waals surface area contributed by atoms with E-state index in [-0.39, 0.29) is 66.6 Å². The lowest BCUT2D eigenvalue weighted by molar-refractivity contribution is -0.265. The molecule has 4 aliphatic rings. The minimum absolute atomic E-state index is 0.00540. The third kappa shape index (κ3) is 14.3. The summed E-state index contributed by atoms with van der Waals surface area (Å²) in [5.74, 6) is -7.31. The number of esters is 1. The van der Waals surface area contributed by atoms with Crippen molar-refractivity contribution in [2.24, 2.45) is 41.4 Å². The highest BCUT2D eigenvalue weighted by atomic mass is 16.6. The Bertz CT molecular complexity index is 1750. The quantitative estimate of drug-likeness (QED) is 0.153. The number of piperidine rings is 1. The van der Waals surface area contributed by atoms with Gasteiger partial charge in [-0.25, -0.2) is 4.79 Å². The third-order valence-electron chi connectivity index (χ3n) is 14.9. The summed E-state index contributed by atoms with van der Waals surface area (Å²) in [5, 5.41) is 22.4. The summed E-state index contributed by atoms with van der Waals surface area (Å²) in [4.78, 5) is 72.1. The number of ketones is 3. The number of amides is 1. The lowest BCUT2D eigenvalue weighted by Crippen LogP contribution is -2.61. The number of carbonyl (C=O) groups is 5. The summed E-state index contributed by atoms with van der Waals surface area (Å²) in [6.07, 6.45) is 14.0. The molecule has 15 unspecified atom stereocenters. The molecule has 0 aromatic carbocycles. The molecular formula is C52H81NO12. The van der Waals surface area contributed by atoms with Gasteiger partial charge >= 0.3 is 5.97 Å². The molecule has 1 amide bonds. The molecule has 366 valence electrons. The first-order chi connectivity index (χ1) is 30.7. The predicted molar refractivity (Wildman–Crippen MR) is 248 cm³/mol. The minimum atomic E-state index is -2.41. The highest BCUT2D eigenvalue weighted by Crippen LogP contribution is 2.38. The summed E-state index contributed by atoms with van der Waals surface area (Å²) >= 11 is 0. The number of nitrogens with zero attached hydrogens (tertiary/aromatic N) is 1. The van der Waals surface area contributed by atoms with Crippen LogP contribution in [0.5, 0.6) is 0 Å². The molecule has 2 saturated heterocycles. The lowest BCUT2D eigenvalue weighted by Gasteiger charge is -2.42. The molecule has 1 saturated carbocycles. The van der Waals surface area contributed by atoms with E-state index >= 15 is 0 Å². The zero-order valence-corrected chi connectivity index (χ0v) is 41.2. The highest BCUT2D eigenvalue weighted by Gasteiger charge is 2.53. The molecule has 3 fully saturated rings. The highest BCUT2D eigenvalue weighted by molar-refractivity contribution is 6.39. The van der Waals surface area contributed by atoms with E-state index in [9.17, 15) is 34.2 Å². The number of methoxy groups -OCH3 is 3. The van der Waals surface area contributed by atoms with Crippen molar-refractivity contribution < 1.29 is 57.9 Å². The predicted octanol–water partition coefficient (Wildman–Crippen LogP) is 7.46. The number of carbonyl (C=O) groups excluding carboxylic acids is 5. The van der Waals surface area contributed by atoms with Crippen LogP contribution in [0.3, 0.4) is 0 Å². The summed E-state index contributed by atoms with van der Waals surface area (Å²) in [6, 6.07) is -1.11. The summed E-state index contributed by atoms with van der Waals surface area (Å²) in [5.41, 5.74) is 1.73. The molecular weight excluding hydrogens is 831 g/mol. The van der Waals surface area contributed by atoms with E-state index in [0.29, 0.717) is 57.8 Å². The van der Waals surface area contributed by atoms with Crippen molar-refractivity contribution in [3.63, 3.8) is 0 Å². The van der Waals surface area contributed by atoms with Crippen molar-refractivity contribution in [2.75, 3.05) is 27.9 Å². The maximum atomic E-state index is 14.4. The molecule has 4 rings (SSSR count). The Labute approximate surface area is 388 Å². The molecule has 2 bridgehead atoms. The molecule has 65 heavy (non-hydrogen) atoms. The van der Waals surface area contributed by atoms with Crippen molar-refractivity contribution >= 4 is 29.2 Å². The second kappa shape index (κ2) is 25.2. The molecule has 13 nitrogen and oxygen atoms in total. The van der Waals surface area contributed by atoms with Crippen molar-refractivity contribution in [3.05, 3.63) is 47.6 Å². The molecule has 15 atom stereocenters. The third-order valence-corrected chi connectivity index (χ3v) is 14.9. The number of Topliss-reactive ketones (excluding diaryl/α,β-unsaturated/α-hetero) is 3. The number of fused-ring (bicyclic) bond motifs is 3. The van der Waals surface area contributed by atoms with Crippen molar-refractivity contribution in [1.82, 2.24) is 4.90 Å². The molecule has 0 radical (unpaired) electrons. The molecule has 0 aromatic rings. The van der Waals surface area contributed by atoms with Crippen LogP contribution in [0.1, 0.15) is 132 Å². The largest absolute Gasteiger partial charge is 0.460 e. The van der Waals surface area contributed by atoms with Crippen LogP contribution in [0.15, 0.2) is 47.6 Å². The van der Waals surface area contributed by atoms with Crippen LogP contribution < -0.4 is 0 Å². The Balaban J connectivity index is 1.70. The summed E-state index contributed by atoms with van der Waals surface area (Å²) < 4.78 is 29.7. The second-order valence-corrected chi connectivity index (χ2v) is 19.9. The number of ether oxygens (including phenoxy) is 5. The molecule has 3 aliphatic heterocycles. The Morgan fingerprint density at radius 3 is 2.25 bits per heavy atom. The number of rotatable bonds is 6. The molecule has 13 heteroatoms. The van der Waals surface area contributed by atoms with Crippen LogP contribution in [0.25, 0.3) is 0 Å². The van der Waals surface area contributed by atoms with Gasteiger partial charge in [0.15, 0.2) is 5.78 Å². The van der Waals surface area contributed by atoms with E-state index in [1.54, 1.807) is 28.1 Å². The summed E-state index contributed by atoms with van der Waals surface area (Å²) in [6.45, 7) is 15.3. The SMILES string of the molecule is COC1CC2CCC(C)C(O)(O2)C(=O)C(=O)N2CCCCC2C(=O)OC(C(C)CC2CCC(O)C(OC)C2)CC(=O)C(C)/C=C(\C)C(C)C(OC)C(=O)C(C)CC(C)/C=C/C=CC=C1C. The van der Waals surface area contributed by atoms with Crippen LogP contribution in [0, 0.1) is 41.4 Å². The number of aliphatic hydroxyl groups is 2. The molecule has 3 heterocycles. The van der Waals surface area contributed by atoms with E-state index in [0.717, 1.165) is 17.6 Å². The minimum Gasteiger partial charge on any atom is -0.460 e. The molecule has 2 N–H and O–H groups in total. The van der Waals surface area contributed by atoms with E-state index in [1.807, 2.05) is 65.0 Å². The number of cyclic esters (lactones) is 1. The van der Waals surface area contributed by atoms with Gasteiger partial charge in [-0.2, -0.15) is 0 Å². The van der Waals surface area contributed by atoms with Crippen LogP contribution in [-0.2, 0) is 47.7 Å². The Kier molecular flexibility index (Phi) is 21.0. The second-order valence-electron chi connectivity index (χ2n) is 19.9. The fourth-order valence-corrected chi connectivity index (χ4v) is 10.3. The lowest BCUT2D eigenvalue weighted by atomic mass is 9.78. The van der Waals surface area contributed by atoms with Gasteiger partial charge in [0.25, 0.3) is 11.7 Å². The van der Waals surface area contributed by atoms with Gasteiger partial charge in [-0.05, 0) is 101 Å². The zero-order valence-electron chi connectivity index (χ0n) is 41.2. The molecule has 1 aliphatic carbocycles. The number of hydrogen-bond acceptors (Lipinski definition) is 12. The van der Waals surface area contributed by atoms with E-state index in [2.05, 4.69) is 13.0 Å². The smallest absolute Gasteiger partial charge is 0.329 e. The maximum Gasteiger partial charge on any atom is 0.329 e. The standard InChI is InChI=1S/C52H81NO12/c1-31-17-13-12-14-18-32(2)44(61-9)29-40-22-20-37(7)52(60,65-40)49(57)50(58)53-24-16-15-19-41(53)51(59)64-45(35(5)27-39-21-23-42(54)46(28-39)62-10)30-43(55)34(4)26-33(3)38(8)48(63-11)47(56)36(6)25-31/h12-14,17-18,26,31,34-42,44-46,48,54,60H,15-16,19-25,27-30H2,1-11H3/b14-12?,17-13+,32-18?,33-26+. The number of allylic oxidation sites excluding steroid dienone is 6. The van der Waals surface area contributed by atoms with E-state index < -0.39 is 71.8 Å². The van der Waals surface area contributed by atoms with Crippen molar-refractivity contribution in [3.8, 4) is 0 Å². The normalized spacial score (nSPS) is 39.1. The van der Waals surface area contributed by atoms with Crippen LogP contribution in [0.2, 0.25) is 0 Å². The first kappa shape index (κ1) is 54.3. The van der Waals surface area contributed by atoms with E-state index in [4.69, 9.17) is 23.7 Å². The average Bonchev–Trinajstić information content (AvgIpc) is 3.28. The zero-order chi connectivity index (χ0) is 48.2. The topological polar surface area (TPSA) is 175 Å². The van der Waals surface area contributed by atoms with Crippen LogP contribution >= 0.6 is 0 Å². The maximum absolute atomic E-state index is 14.4. The van der Waals surface area contributed by atoms with Crippen LogP contribution in [-0.4, -0.2) is 121 Å². The van der Waals surface area contributed by atoms with Gasteiger partial charge in [-0.3, -0.25) is 19.2 Å². The first-order valence-electron chi connectivity index (χ1n) is 24.2. The van der Waals surface area contributed by atoms with Crippen LogP contribution in [0.4, 0.5) is 0 Å². The number of aliphatic hydroxyl groups excluding tert-OH is 1. The number of hydrogen-bond donors (Lipinski definition) is 2. The van der Waals surface area contributed by atoms with Gasteiger partial charge in [-0.15, -0.1) is 0 Å². The fraction of sp³-hybridized carbons (Fsp3) is 0.750. The first-order valence-corrected chi connectivity index (χ1v) is 24.2. The van der Waals surface area contributed by atoms with Gasteiger partial charge < -0.3 is 38.8 Å². The van der Waals surface area contributed by atoms with E-state index in [1.165, 1.54) is 12.0 Å². The van der Waals surface area contributed by atoms with Gasteiger partial charge in [0.2, 0.25) is 5.79 Å². The Morgan fingerprint density at radius 1 is 0.846 bits per heavy atom. The Hall–Kier alpha value is -3.33. The summed E-state index contributed by atoms with van der Waals surface area (Å²) in [7, 11) is 4.71. The van der Waals surface area contributed by atoms with Gasteiger partial charge in [0.05, 0.1) is 24.4 Å². The van der Waals surface area contributed by atoms with Gasteiger partial charge in [-0.1, -0.05) is 83.6 Å². The average molecular weight is 912 g/mol. The monoisotopic (exact) mass is 912 g/mol. The molecule has 0 aromatic heterocycles. The van der Waals surface area contributed by atoms with Crippen molar-refractivity contribution in [1.29, 1.82) is 0 Å². The van der Waals surface area contributed by atoms with Gasteiger partial charge in [0, 0.05) is 64.4 Å². The van der Waals surface area contributed by atoms with Crippen molar-refractivity contribution in [2.45, 2.75) is 181 Å². The molecule has 0 spiro atoms.